The average Bonchev–Trinajstić information content (AvgIpc) is 3.19. The minimum absolute atomic E-state index is 0.155. The van der Waals surface area contributed by atoms with E-state index in [1.54, 1.807) is 0 Å². The Morgan fingerprint density at radius 2 is 1.19 bits per heavy atom. The first-order valence-electron chi connectivity index (χ1n) is 14.6. The number of anilines is 5. The van der Waals surface area contributed by atoms with Crippen molar-refractivity contribution in [3.63, 3.8) is 0 Å². The van der Waals surface area contributed by atoms with Gasteiger partial charge in [0.1, 0.15) is 0 Å². The van der Waals surface area contributed by atoms with Crippen LogP contribution in [0.3, 0.4) is 0 Å². The van der Waals surface area contributed by atoms with Crippen LogP contribution in [0.4, 0.5) is 28.4 Å². The van der Waals surface area contributed by atoms with Crippen LogP contribution in [-0.2, 0) is 0 Å². The zero-order valence-corrected chi connectivity index (χ0v) is 24.0. The van der Waals surface area contributed by atoms with Gasteiger partial charge >= 0.3 is 0 Å². The second-order valence-corrected chi connectivity index (χ2v) is 10.7. The van der Waals surface area contributed by atoms with Crippen LogP contribution < -0.4 is 9.80 Å². The topological polar surface area (TPSA) is 6.48 Å². The van der Waals surface area contributed by atoms with Gasteiger partial charge < -0.3 is 9.80 Å². The molecule has 0 fully saturated rings. The second kappa shape index (κ2) is 11.3. The van der Waals surface area contributed by atoms with E-state index in [0.29, 0.717) is 0 Å². The maximum atomic E-state index is 4.14. The van der Waals surface area contributed by atoms with Crippen LogP contribution in [0.15, 0.2) is 171 Å². The van der Waals surface area contributed by atoms with Crippen LogP contribution in [0.2, 0.25) is 0 Å². The fraction of sp³-hybridized carbons (Fsp3) is 0.0244. The van der Waals surface area contributed by atoms with Gasteiger partial charge in [0, 0.05) is 34.4 Å². The molecular weight excluding hydrogens is 520 g/mol. The van der Waals surface area contributed by atoms with Crippen molar-refractivity contribution < 1.29 is 0 Å². The van der Waals surface area contributed by atoms with Crippen molar-refractivity contribution in [3.8, 4) is 11.1 Å². The van der Waals surface area contributed by atoms with E-state index in [-0.39, 0.29) is 5.92 Å². The number of rotatable bonds is 7. The largest absolute Gasteiger partial charge is 0.313 e. The van der Waals surface area contributed by atoms with E-state index in [0.717, 1.165) is 33.9 Å². The van der Waals surface area contributed by atoms with Gasteiger partial charge in [0.2, 0.25) is 0 Å². The van der Waals surface area contributed by atoms with Crippen molar-refractivity contribution in [1.29, 1.82) is 0 Å². The molecule has 2 nitrogen and oxygen atoms in total. The summed E-state index contributed by atoms with van der Waals surface area (Å²) in [6.45, 7) is 8.18. The zero-order chi connectivity index (χ0) is 29.2. The summed E-state index contributed by atoms with van der Waals surface area (Å²) in [5.41, 5.74) is 12.8. The summed E-state index contributed by atoms with van der Waals surface area (Å²) in [6.07, 6.45) is 14.7. The average molecular weight is 553 g/mol. The van der Waals surface area contributed by atoms with Crippen LogP contribution in [0.25, 0.3) is 23.3 Å². The molecule has 1 unspecified atom stereocenters. The molecule has 1 atom stereocenters. The molecule has 0 amide bonds. The Balaban J connectivity index is 1.23. The molecule has 2 heteroatoms. The summed E-state index contributed by atoms with van der Waals surface area (Å²) in [5.74, 6) is 0.155. The SMILES string of the molecule is C=Cc1ccc2c(c1C=C)C1C=CC=CC=C1N2c1ccc(-c2ccc(N(c3ccccc3)c3ccccc3)cc2)cc1. The van der Waals surface area contributed by atoms with E-state index >= 15 is 0 Å². The summed E-state index contributed by atoms with van der Waals surface area (Å²) in [5, 5.41) is 0. The molecule has 0 radical (unpaired) electrons. The summed E-state index contributed by atoms with van der Waals surface area (Å²) in [7, 11) is 0. The molecule has 0 saturated carbocycles. The Morgan fingerprint density at radius 1 is 0.581 bits per heavy atom. The molecule has 0 bridgehead atoms. The number of allylic oxidation sites excluding steroid dienone is 5. The second-order valence-electron chi connectivity index (χ2n) is 10.7. The Morgan fingerprint density at radius 3 is 1.79 bits per heavy atom. The first kappa shape index (κ1) is 26.3. The third-order valence-electron chi connectivity index (χ3n) is 8.26. The maximum absolute atomic E-state index is 4.14. The molecule has 2 aliphatic rings. The van der Waals surface area contributed by atoms with Crippen LogP contribution >= 0.6 is 0 Å². The van der Waals surface area contributed by atoms with Crippen molar-refractivity contribution in [2.45, 2.75) is 5.92 Å². The third-order valence-corrected chi connectivity index (χ3v) is 8.26. The van der Waals surface area contributed by atoms with Gasteiger partial charge in [-0.2, -0.15) is 0 Å². The molecular formula is C41H32N2. The fourth-order valence-electron chi connectivity index (χ4n) is 6.26. The lowest BCUT2D eigenvalue weighted by molar-refractivity contribution is 1.02. The number of para-hydroxylation sites is 2. The quantitative estimate of drug-likeness (QED) is 0.198. The van der Waals surface area contributed by atoms with Gasteiger partial charge in [0.05, 0.1) is 5.69 Å². The van der Waals surface area contributed by atoms with E-state index in [9.17, 15) is 0 Å². The van der Waals surface area contributed by atoms with Crippen molar-refractivity contribution in [3.05, 3.63) is 187 Å². The standard InChI is InChI=1S/C41H32N2/c1-3-30-24-29-40-41(37(30)4-2)38-18-12-7-13-19-39(38)43(40)36-27-22-32(23-28-36)31-20-25-35(26-21-31)42(33-14-8-5-9-15-33)34-16-10-6-11-17-34/h3-29,38H,1-2H2. The first-order chi connectivity index (χ1) is 21.3. The van der Waals surface area contributed by atoms with Crippen LogP contribution in [-0.4, -0.2) is 0 Å². The van der Waals surface area contributed by atoms with Crippen molar-refractivity contribution in [1.82, 2.24) is 0 Å². The van der Waals surface area contributed by atoms with Crippen LogP contribution in [0.5, 0.6) is 0 Å². The normalized spacial score (nSPS) is 14.8. The zero-order valence-electron chi connectivity index (χ0n) is 24.0. The van der Waals surface area contributed by atoms with Gasteiger partial charge in [-0.15, -0.1) is 0 Å². The van der Waals surface area contributed by atoms with E-state index in [1.165, 1.54) is 28.1 Å². The molecule has 0 aromatic heterocycles. The minimum Gasteiger partial charge on any atom is -0.313 e. The lowest BCUT2D eigenvalue weighted by Gasteiger charge is -2.25. The van der Waals surface area contributed by atoms with Gasteiger partial charge in [-0.1, -0.05) is 116 Å². The van der Waals surface area contributed by atoms with E-state index in [1.807, 2.05) is 12.2 Å². The summed E-state index contributed by atoms with van der Waals surface area (Å²) < 4.78 is 0. The lowest BCUT2D eigenvalue weighted by atomic mass is 9.90. The van der Waals surface area contributed by atoms with Gasteiger partial charge in [-0.05, 0) is 88.5 Å². The van der Waals surface area contributed by atoms with Crippen LogP contribution in [0.1, 0.15) is 22.6 Å². The molecule has 0 N–H and O–H groups in total. The van der Waals surface area contributed by atoms with Crippen molar-refractivity contribution >= 4 is 40.6 Å². The summed E-state index contributed by atoms with van der Waals surface area (Å²) >= 11 is 0. The fourth-order valence-corrected chi connectivity index (χ4v) is 6.26. The first-order valence-corrected chi connectivity index (χ1v) is 14.6. The molecule has 1 aliphatic heterocycles. The molecule has 0 saturated heterocycles. The van der Waals surface area contributed by atoms with Crippen molar-refractivity contribution in [2.24, 2.45) is 0 Å². The summed E-state index contributed by atoms with van der Waals surface area (Å²) in [4.78, 5) is 4.66. The van der Waals surface area contributed by atoms with E-state index in [2.05, 4.69) is 175 Å². The number of hydrogen-bond acceptors (Lipinski definition) is 2. The Hall–Kier alpha value is -5.60. The lowest BCUT2D eigenvalue weighted by Crippen LogP contribution is -2.12. The molecule has 5 aromatic carbocycles. The van der Waals surface area contributed by atoms with Crippen molar-refractivity contribution in [2.75, 3.05) is 9.80 Å². The Labute approximate surface area is 254 Å². The highest BCUT2D eigenvalue weighted by Crippen LogP contribution is 2.51. The van der Waals surface area contributed by atoms with E-state index < -0.39 is 0 Å². The van der Waals surface area contributed by atoms with E-state index in [4.69, 9.17) is 0 Å². The molecule has 0 spiro atoms. The summed E-state index contributed by atoms with van der Waals surface area (Å²) in [6, 6.07) is 43.1. The highest BCUT2D eigenvalue weighted by atomic mass is 15.2. The number of benzene rings is 5. The molecule has 7 rings (SSSR count). The molecule has 1 heterocycles. The predicted octanol–water partition coefficient (Wildman–Crippen LogP) is 11.4. The maximum Gasteiger partial charge on any atom is 0.0507 e. The highest BCUT2D eigenvalue weighted by molar-refractivity contribution is 5.86. The van der Waals surface area contributed by atoms with Crippen LogP contribution in [0, 0.1) is 0 Å². The van der Waals surface area contributed by atoms with Gasteiger partial charge in [-0.25, -0.2) is 0 Å². The number of fused-ring (bicyclic) bond motifs is 3. The smallest absolute Gasteiger partial charge is 0.0507 e. The minimum atomic E-state index is 0.155. The monoisotopic (exact) mass is 552 g/mol. The Kier molecular flexibility index (Phi) is 6.94. The van der Waals surface area contributed by atoms with Gasteiger partial charge in [0.25, 0.3) is 0 Å². The molecule has 1 aliphatic carbocycles. The third kappa shape index (κ3) is 4.73. The molecule has 206 valence electrons. The number of hydrogen-bond donors (Lipinski definition) is 0. The van der Waals surface area contributed by atoms with Gasteiger partial charge in [0.15, 0.2) is 0 Å². The molecule has 5 aromatic rings. The Bertz CT molecular complexity index is 1840. The number of nitrogens with zero attached hydrogens (tertiary/aromatic N) is 2. The molecule has 43 heavy (non-hydrogen) atoms. The highest BCUT2D eigenvalue weighted by Gasteiger charge is 2.35. The van der Waals surface area contributed by atoms with Gasteiger partial charge in [-0.3, -0.25) is 0 Å². The predicted molar refractivity (Wildman–Crippen MR) is 184 cm³/mol.